The first kappa shape index (κ1) is 65.8. The summed E-state index contributed by atoms with van der Waals surface area (Å²) in [5, 5.41) is 47.5. The van der Waals surface area contributed by atoms with E-state index in [2.05, 4.69) is 47.2 Å². The predicted octanol–water partition coefficient (Wildman–Crippen LogP) is -6.61. The number of aromatic amines is 1. The number of aliphatic hydroxyl groups is 2. The van der Waals surface area contributed by atoms with Crippen LogP contribution in [0.1, 0.15) is 90.5 Å². The van der Waals surface area contributed by atoms with E-state index in [4.69, 9.17) is 34.4 Å². The number of aliphatic imine (C=N–C) groups is 1. The van der Waals surface area contributed by atoms with Crippen molar-refractivity contribution in [2.24, 2.45) is 45.3 Å². The summed E-state index contributed by atoms with van der Waals surface area (Å²) in [6.07, 6.45) is -2.23. The average molecular weight is 1130 g/mol. The first-order valence-corrected chi connectivity index (χ1v) is 25.8. The van der Waals surface area contributed by atoms with Crippen LogP contribution in [0.4, 0.5) is 0 Å². The van der Waals surface area contributed by atoms with Gasteiger partial charge in [-0.25, -0.2) is 4.79 Å². The number of aromatic nitrogens is 1. The van der Waals surface area contributed by atoms with Gasteiger partial charge in [-0.1, -0.05) is 32.0 Å². The minimum Gasteiger partial charge on any atom is -0.480 e. The normalized spacial score (nSPS) is 16.4. The van der Waals surface area contributed by atoms with Crippen LogP contribution in [0.2, 0.25) is 0 Å². The molecule has 1 aliphatic rings. The van der Waals surface area contributed by atoms with Crippen molar-refractivity contribution in [3.63, 3.8) is 0 Å². The molecule has 80 heavy (non-hydrogen) atoms. The molecule has 31 heteroatoms. The Bertz CT molecular complexity index is 2590. The lowest BCUT2D eigenvalue weighted by molar-refractivity contribution is -0.146. The Morgan fingerprint density at radius 1 is 0.688 bits per heavy atom. The summed E-state index contributed by atoms with van der Waals surface area (Å²) >= 11 is 0. The number of H-pyrrole nitrogens is 1. The highest BCUT2D eigenvalue weighted by Gasteiger charge is 2.41. The molecule has 23 N–H and O–H groups in total. The Morgan fingerprint density at radius 2 is 1.24 bits per heavy atom. The maximum atomic E-state index is 14.3. The van der Waals surface area contributed by atoms with Gasteiger partial charge in [-0.3, -0.25) is 57.7 Å². The van der Waals surface area contributed by atoms with Gasteiger partial charge in [0.2, 0.25) is 65.0 Å². The van der Waals surface area contributed by atoms with Gasteiger partial charge in [0.1, 0.15) is 42.3 Å². The number of carboxylic acids is 1. The smallest absolute Gasteiger partial charge is 0.328 e. The molecule has 1 saturated heterocycles. The average Bonchev–Trinajstić information content (AvgIpc) is 4.04. The summed E-state index contributed by atoms with van der Waals surface area (Å²) < 4.78 is 0. The first-order valence-electron chi connectivity index (χ1n) is 25.8. The fraction of sp³-hybridized carbons (Fsp3) is 0.571. The maximum Gasteiger partial charge on any atom is 0.328 e. The second-order valence-corrected chi connectivity index (χ2v) is 19.7. The van der Waals surface area contributed by atoms with Crippen molar-refractivity contribution in [2.75, 3.05) is 19.7 Å². The quantitative estimate of drug-likeness (QED) is 0.0176. The fourth-order valence-corrected chi connectivity index (χ4v) is 8.57. The lowest BCUT2D eigenvalue weighted by Gasteiger charge is -2.31. The lowest BCUT2D eigenvalue weighted by Crippen LogP contribution is -2.61. The molecule has 2 heterocycles. The molecule has 0 unspecified atom stereocenters. The Kier molecular flexibility index (Phi) is 26.2. The summed E-state index contributed by atoms with van der Waals surface area (Å²) in [7, 11) is 0. The maximum absolute atomic E-state index is 14.3. The van der Waals surface area contributed by atoms with Crippen molar-refractivity contribution < 1.29 is 72.9 Å². The first-order chi connectivity index (χ1) is 37.6. The van der Waals surface area contributed by atoms with E-state index in [1.165, 1.54) is 0 Å². The molecule has 0 spiro atoms. The Balaban J connectivity index is 1.93. The molecule has 442 valence electrons. The highest BCUT2D eigenvalue weighted by atomic mass is 16.4. The standard InChI is InChI=1S/C49H76N16O15/c1-23(2)18-31(44(75)64-39(24(3)67)48(79)80)61-46(77)35-11-7-17-65(35)47(78)33(20-38(53)70)62-41(72)29(10-6-16-56-49(54)55)59-45(76)34(22-66)63-43(74)32(19-25-21-57-28-9-5-4-8-26(25)28)60-42(73)30(13-15-37(52)69)58-40(71)27(50)12-14-36(51)68/h4-5,8-9,21,23-24,27,29-35,39,57,66-67H,6-7,10-20,22,50H2,1-3H3,(H2,51,68)(H2,52,69)(H2,53,70)(H,58,71)(H,59,76)(H,60,73)(H,61,77)(H,62,72)(H,63,74)(H,64,75)(H,79,80)(H4,54,55,56)/t24-,27+,29+,30+,31+,32+,33+,34+,35+,39+/m1/s1. The van der Waals surface area contributed by atoms with E-state index in [1.54, 1.807) is 44.3 Å². The van der Waals surface area contributed by atoms with Crippen LogP contribution >= 0.6 is 0 Å². The molecule has 0 bridgehead atoms. The number of primary amides is 3. The Hall–Kier alpha value is -8.45. The number of aliphatic carboxylic acids is 1. The number of aliphatic hydroxyl groups excluding tert-OH is 2. The number of rotatable bonds is 34. The van der Waals surface area contributed by atoms with E-state index in [0.29, 0.717) is 16.5 Å². The predicted molar refractivity (Wildman–Crippen MR) is 285 cm³/mol. The van der Waals surface area contributed by atoms with E-state index >= 15 is 0 Å². The van der Waals surface area contributed by atoms with Gasteiger partial charge >= 0.3 is 5.97 Å². The van der Waals surface area contributed by atoms with Gasteiger partial charge in [-0.15, -0.1) is 0 Å². The van der Waals surface area contributed by atoms with Crippen LogP contribution < -0.4 is 71.6 Å². The van der Waals surface area contributed by atoms with Gasteiger partial charge in [-0.2, -0.15) is 0 Å². The van der Waals surface area contributed by atoms with E-state index in [9.17, 15) is 72.9 Å². The minimum atomic E-state index is -1.86. The number of nitrogens with zero attached hydrogens (tertiary/aromatic N) is 2. The number of fused-ring (bicyclic) bond motifs is 1. The second kappa shape index (κ2) is 31.8. The summed E-state index contributed by atoms with van der Waals surface area (Å²) in [5.74, 6) is -12.7. The Labute approximate surface area is 459 Å². The number of likely N-dealkylation sites (tertiary alicyclic amines) is 1. The lowest BCUT2D eigenvalue weighted by atomic mass is 10.0. The zero-order valence-corrected chi connectivity index (χ0v) is 44.7. The SMILES string of the molecule is CC(C)C[C@H](NC(=O)[C@@H]1CCCN1C(=O)[C@H](CC(N)=O)NC(=O)[C@H](CCCN=C(N)N)NC(=O)[C@H](CO)NC(=O)[C@H](Cc1c[nH]c2ccccc12)NC(=O)[C@H](CCC(N)=O)NC(=O)[C@@H](N)CCC(N)=O)C(=O)N[C@H](C(=O)O)[C@@H](C)O. The molecular formula is C49H76N16O15. The van der Waals surface area contributed by atoms with Crippen LogP contribution in [0.25, 0.3) is 10.9 Å². The zero-order valence-electron chi connectivity index (χ0n) is 44.7. The molecule has 0 aliphatic carbocycles. The van der Waals surface area contributed by atoms with E-state index in [1.807, 2.05) is 0 Å². The minimum absolute atomic E-state index is 0.00694. The number of nitrogens with two attached hydrogens (primary N) is 6. The van der Waals surface area contributed by atoms with Crippen molar-refractivity contribution in [3.05, 3.63) is 36.0 Å². The fourth-order valence-electron chi connectivity index (χ4n) is 8.57. The number of guanidine groups is 1. The number of hydrogen-bond donors (Lipinski definition) is 17. The van der Waals surface area contributed by atoms with Crippen LogP contribution in [0, 0.1) is 5.92 Å². The molecule has 31 nitrogen and oxygen atoms in total. The monoisotopic (exact) mass is 1130 g/mol. The number of carbonyl (C=O) groups excluding carboxylic acids is 11. The third kappa shape index (κ3) is 21.1. The van der Waals surface area contributed by atoms with Gasteiger partial charge in [-0.05, 0) is 69.4 Å². The van der Waals surface area contributed by atoms with Gasteiger partial charge in [0, 0.05) is 49.5 Å². The number of carboxylic acid groups (broad SMARTS) is 1. The van der Waals surface area contributed by atoms with Crippen molar-refractivity contribution in [2.45, 2.75) is 152 Å². The molecule has 0 radical (unpaired) electrons. The number of nitrogens with one attached hydrogen (secondary N) is 8. The molecule has 10 atom stereocenters. The van der Waals surface area contributed by atoms with Crippen molar-refractivity contribution >= 4 is 87.8 Å². The molecule has 0 saturated carbocycles. The van der Waals surface area contributed by atoms with Crippen LogP contribution in [0.15, 0.2) is 35.5 Å². The Morgan fingerprint density at radius 3 is 1.82 bits per heavy atom. The van der Waals surface area contributed by atoms with Crippen LogP contribution in [-0.2, 0) is 64.0 Å². The number of hydrogen-bond acceptors (Lipinski definition) is 16. The highest BCUT2D eigenvalue weighted by molar-refractivity contribution is 6.00. The highest BCUT2D eigenvalue weighted by Crippen LogP contribution is 2.22. The summed E-state index contributed by atoms with van der Waals surface area (Å²) in [6, 6.07) is -7.06. The molecule has 2 aromatic rings. The third-order valence-corrected chi connectivity index (χ3v) is 12.7. The molecule has 1 aliphatic heterocycles. The van der Waals surface area contributed by atoms with Crippen LogP contribution in [-0.4, -0.2) is 182 Å². The summed E-state index contributed by atoms with van der Waals surface area (Å²) in [6.45, 7) is 3.36. The van der Waals surface area contributed by atoms with Crippen molar-refractivity contribution in [1.82, 2.24) is 47.1 Å². The number of para-hydroxylation sites is 1. The van der Waals surface area contributed by atoms with Gasteiger partial charge in [0.25, 0.3) is 0 Å². The number of carbonyl (C=O) groups is 12. The molecule has 1 aromatic heterocycles. The molecule has 11 amide bonds. The number of benzene rings is 1. The second-order valence-electron chi connectivity index (χ2n) is 19.7. The van der Waals surface area contributed by atoms with Gasteiger partial charge < -0.3 is 96.8 Å². The van der Waals surface area contributed by atoms with Crippen molar-refractivity contribution in [1.29, 1.82) is 0 Å². The van der Waals surface area contributed by atoms with E-state index in [0.717, 1.165) is 11.8 Å². The summed E-state index contributed by atoms with van der Waals surface area (Å²) in [4.78, 5) is 166. The van der Waals surface area contributed by atoms with Crippen molar-refractivity contribution in [3.8, 4) is 0 Å². The largest absolute Gasteiger partial charge is 0.480 e. The molecule has 3 rings (SSSR count). The third-order valence-electron chi connectivity index (χ3n) is 12.7. The topological polar surface area (TPSA) is 537 Å². The van der Waals surface area contributed by atoms with Gasteiger partial charge in [0.05, 0.1) is 25.2 Å². The van der Waals surface area contributed by atoms with E-state index in [-0.39, 0.29) is 82.8 Å². The molecular weight excluding hydrogens is 1050 g/mol. The summed E-state index contributed by atoms with van der Waals surface area (Å²) in [5.41, 5.74) is 34.1. The van der Waals surface area contributed by atoms with E-state index < -0.39 is 151 Å². The molecule has 1 fully saturated rings. The van der Waals surface area contributed by atoms with Gasteiger partial charge in [0.15, 0.2) is 12.0 Å². The molecule has 1 aromatic carbocycles. The zero-order chi connectivity index (χ0) is 60.0. The van der Waals surface area contributed by atoms with Crippen LogP contribution in [0.5, 0.6) is 0 Å². The number of amides is 11. The van der Waals surface area contributed by atoms with Crippen LogP contribution in [0.3, 0.4) is 0 Å².